The number of hydrogen-bond donors (Lipinski definition) is 0. The minimum atomic E-state index is -3.43. The first-order valence-corrected chi connectivity index (χ1v) is 12.7. The Hall–Kier alpha value is -1.48. The van der Waals surface area contributed by atoms with E-state index in [0.29, 0.717) is 37.2 Å². The van der Waals surface area contributed by atoms with Gasteiger partial charge in [0.05, 0.1) is 17.5 Å². The Labute approximate surface area is 180 Å². The molecule has 0 saturated carbocycles. The largest absolute Gasteiger partial charge is 0.378 e. The highest BCUT2D eigenvalue weighted by Crippen LogP contribution is 2.31. The topological polar surface area (TPSA) is 70.2 Å². The van der Waals surface area contributed by atoms with Gasteiger partial charge >= 0.3 is 0 Å². The minimum Gasteiger partial charge on any atom is -0.378 e. The highest BCUT2D eigenvalue weighted by molar-refractivity contribution is 7.89. The highest BCUT2D eigenvalue weighted by Gasteiger charge is 2.30. The lowest BCUT2D eigenvalue weighted by molar-refractivity contribution is -0.120. The lowest BCUT2D eigenvalue weighted by Crippen LogP contribution is -2.46. The van der Waals surface area contributed by atoms with Crippen LogP contribution in [-0.4, -0.2) is 75.5 Å². The molecule has 8 heteroatoms. The second kappa shape index (κ2) is 9.34. The van der Waals surface area contributed by atoms with E-state index >= 15 is 0 Å². The van der Waals surface area contributed by atoms with Crippen LogP contribution in [0.15, 0.2) is 23.1 Å². The van der Waals surface area contributed by atoms with Crippen LogP contribution in [0.5, 0.6) is 0 Å². The maximum Gasteiger partial charge on any atom is 0.243 e. The number of ether oxygens (including phenoxy) is 1. The van der Waals surface area contributed by atoms with E-state index in [1.807, 2.05) is 17.9 Å². The first kappa shape index (κ1) is 21.7. The molecule has 4 rings (SSSR count). The van der Waals surface area contributed by atoms with Gasteiger partial charge in [0.15, 0.2) is 0 Å². The molecule has 0 N–H and O–H groups in total. The molecule has 3 heterocycles. The zero-order chi connectivity index (χ0) is 21.1. The third kappa shape index (κ3) is 4.56. The molecule has 2 saturated heterocycles. The molecule has 0 atom stereocenters. The summed E-state index contributed by atoms with van der Waals surface area (Å²) in [5.74, 6) is 0.0981. The molecule has 0 aromatic heterocycles. The Balaban J connectivity index is 1.44. The summed E-state index contributed by atoms with van der Waals surface area (Å²) in [6.07, 6.45) is 5.77. The quantitative estimate of drug-likeness (QED) is 0.686. The molecule has 0 spiro atoms. The summed E-state index contributed by atoms with van der Waals surface area (Å²) in [4.78, 5) is 17.5. The number of amides is 1. The van der Waals surface area contributed by atoms with Crippen LogP contribution < -0.4 is 4.90 Å². The van der Waals surface area contributed by atoms with E-state index in [1.165, 1.54) is 0 Å². The number of anilines is 1. The van der Waals surface area contributed by atoms with E-state index in [-0.39, 0.29) is 5.91 Å². The molecule has 1 aromatic rings. The first-order valence-electron chi connectivity index (χ1n) is 11.3. The van der Waals surface area contributed by atoms with Crippen molar-refractivity contribution < 1.29 is 17.9 Å². The number of piperidine rings is 1. The maximum atomic E-state index is 13.1. The number of hydrogen-bond acceptors (Lipinski definition) is 5. The van der Waals surface area contributed by atoms with Crippen LogP contribution in [0.4, 0.5) is 5.69 Å². The summed E-state index contributed by atoms with van der Waals surface area (Å²) in [6, 6.07) is 5.29. The van der Waals surface area contributed by atoms with Crippen molar-refractivity contribution >= 4 is 21.6 Å². The third-order valence-electron chi connectivity index (χ3n) is 6.47. The SMILES string of the molecule is CCOC1CCN(CC(=O)N2CCCc3cc(S(=O)(=O)N4CCCC4)ccc32)CC1. The molecule has 7 nitrogen and oxygen atoms in total. The van der Waals surface area contributed by atoms with Gasteiger partial charge < -0.3 is 9.64 Å². The van der Waals surface area contributed by atoms with E-state index < -0.39 is 10.0 Å². The molecule has 1 amide bonds. The Bertz CT molecular complexity index is 859. The van der Waals surface area contributed by atoms with Gasteiger partial charge in [0, 0.05) is 45.0 Å². The molecular weight excluding hydrogens is 402 g/mol. The Morgan fingerprint density at radius 3 is 2.50 bits per heavy atom. The van der Waals surface area contributed by atoms with Gasteiger partial charge in [0.1, 0.15) is 0 Å². The molecule has 3 aliphatic rings. The van der Waals surface area contributed by atoms with Crippen molar-refractivity contribution in [2.75, 3.05) is 50.8 Å². The smallest absolute Gasteiger partial charge is 0.243 e. The van der Waals surface area contributed by atoms with E-state index in [2.05, 4.69) is 4.90 Å². The van der Waals surface area contributed by atoms with E-state index in [4.69, 9.17) is 4.74 Å². The number of benzene rings is 1. The number of carbonyl (C=O) groups excluding carboxylic acids is 1. The van der Waals surface area contributed by atoms with Crippen LogP contribution in [0.25, 0.3) is 0 Å². The highest BCUT2D eigenvalue weighted by atomic mass is 32.2. The van der Waals surface area contributed by atoms with Crippen molar-refractivity contribution in [2.45, 2.75) is 56.4 Å². The van der Waals surface area contributed by atoms with Crippen molar-refractivity contribution in [2.24, 2.45) is 0 Å². The van der Waals surface area contributed by atoms with Gasteiger partial charge in [-0.05, 0) is 69.2 Å². The summed E-state index contributed by atoms with van der Waals surface area (Å²) in [6.45, 7) is 6.82. The molecule has 30 heavy (non-hydrogen) atoms. The molecule has 0 bridgehead atoms. The zero-order valence-electron chi connectivity index (χ0n) is 17.9. The standard InChI is InChI=1S/C22H33N3O4S/c1-2-29-19-9-14-23(15-10-19)17-22(26)25-13-5-6-18-16-20(7-8-21(18)25)30(27,28)24-11-3-4-12-24/h7-8,16,19H,2-6,9-15,17H2,1H3. The summed E-state index contributed by atoms with van der Waals surface area (Å²) in [7, 11) is -3.43. The Kier molecular flexibility index (Phi) is 6.77. The van der Waals surface area contributed by atoms with Crippen LogP contribution in [0.1, 0.15) is 44.6 Å². The molecular formula is C22H33N3O4S. The third-order valence-corrected chi connectivity index (χ3v) is 8.36. The fourth-order valence-electron chi connectivity index (χ4n) is 4.82. The van der Waals surface area contributed by atoms with Crippen LogP contribution >= 0.6 is 0 Å². The lowest BCUT2D eigenvalue weighted by Gasteiger charge is -2.35. The fourth-order valence-corrected chi connectivity index (χ4v) is 6.39. The van der Waals surface area contributed by atoms with E-state index in [1.54, 1.807) is 16.4 Å². The van der Waals surface area contributed by atoms with Crippen molar-refractivity contribution in [3.8, 4) is 0 Å². The van der Waals surface area contributed by atoms with Crippen LogP contribution in [0.2, 0.25) is 0 Å². The van der Waals surface area contributed by atoms with E-state index in [9.17, 15) is 13.2 Å². The van der Waals surface area contributed by atoms with Gasteiger partial charge in [-0.15, -0.1) is 0 Å². The van der Waals surface area contributed by atoms with Crippen molar-refractivity contribution in [3.63, 3.8) is 0 Å². The summed E-state index contributed by atoms with van der Waals surface area (Å²) in [5, 5.41) is 0. The Morgan fingerprint density at radius 1 is 1.07 bits per heavy atom. The van der Waals surface area contributed by atoms with Crippen molar-refractivity contribution in [1.29, 1.82) is 0 Å². The minimum absolute atomic E-state index is 0.0981. The second-order valence-corrected chi connectivity index (χ2v) is 10.4. The predicted molar refractivity (Wildman–Crippen MR) is 116 cm³/mol. The number of nitrogens with zero attached hydrogens (tertiary/aromatic N) is 3. The van der Waals surface area contributed by atoms with Crippen LogP contribution in [0, 0.1) is 0 Å². The van der Waals surface area contributed by atoms with Gasteiger partial charge in [-0.25, -0.2) is 8.42 Å². The van der Waals surface area contributed by atoms with Crippen LogP contribution in [-0.2, 0) is 26.0 Å². The molecule has 0 aliphatic carbocycles. The van der Waals surface area contributed by atoms with Crippen molar-refractivity contribution in [3.05, 3.63) is 23.8 Å². The van der Waals surface area contributed by atoms with Crippen molar-refractivity contribution in [1.82, 2.24) is 9.21 Å². The van der Waals surface area contributed by atoms with Gasteiger partial charge in [-0.1, -0.05) is 0 Å². The molecule has 1 aromatic carbocycles. The molecule has 166 valence electrons. The lowest BCUT2D eigenvalue weighted by atomic mass is 10.0. The number of fused-ring (bicyclic) bond motifs is 1. The fraction of sp³-hybridized carbons (Fsp3) is 0.682. The first-order chi connectivity index (χ1) is 14.5. The molecule has 0 unspecified atom stereocenters. The van der Waals surface area contributed by atoms with Gasteiger partial charge in [-0.2, -0.15) is 4.31 Å². The van der Waals surface area contributed by atoms with Gasteiger partial charge in [0.25, 0.3) is 0 Å². The molecule has 2 fully saturated rings. The summed E-state index contributed by atoms with van der Waals surface area (Å²) < 4.78 is 33.1. The molecule has 0 radical (unpaired) electrons. The average molecular weight is 436 g/mol. The summed E-state index contributed by atoms with van der Waals surface area (Å²) in [5.41, 5.74) is 1.83. The number of carbonyl (C=O) groups is 1. The number of sulfonamides is 1. The van der Waals surface area contributed by atoms with Crippen LogP contribution in [0.3, 0.4) is 0 Å². The number of rotatable bonds is 6. The maximum absolute atomic E-state index is 13.1. The number of likely N-dealkylation sites (tertiary alicyclic amines) is 1. The zero-order valence-corrected chi connectivity index (χ0v) is 18.7. The average Bonchev–Trinajstić information content (AvgIpc) is 3.30. The van der Waals surface area contributed by atoms with Gasteiger partial charge in [-0.3, -0.25) is 9.69 Å². The predicted octanol–water partition coefficient (Wildman–Crippen LogP) is 2.25. The molecule has 3 aliphatic heterocycles. The van der Waals surface area contributed by atoms with E-state index in [0.717, 1.165) is 69.5 Å². The monoisotopic (exact) mass is 435 g/mol. The Morgan fingerprint density at radius 2 is 1.80 bits per heavy atom. The number of aryl methyl sites for hydroxylation is 1. The summed E-state index contributed by atoms with van der Waals surface area (Å²) >= 11 is 0. The normalized spacial score (nSPS) is 21.7. The second-order valence-electron chi connectivity index (χ2n) is 8.48. The van der Waals surface area contributed by atoms with Gasteiger partial charge in [0.2, 0.25) is 15.9 Å².